The second kappa shape index (κ2) is 6.20. The van der Waals surface area contributed by atoms with E-state index in [1.54, 1.807) is 29.8 Å². The first kappa shape index (κ1) is 14.6. The van der Waals surface area contributed by atoms with Gasteiger partial charge in [0.2, 0.25) is 5.91 Å². The number of aromatic amines is 1. The fourth-order valence-electron chi connectivity index (χ4n) is 2.08. The van der Waals surface area contributed by atoms with E-state index < -0.39 is 0 Å². The zero-order chi connectivity index (χ0) is 15.5. The van der Waals surface area contributed by atoms with Gasteiger partial charge < -0.3 is 10.3 Å². The number of anilines is 1. The van der Waals surface area contributed by atoms with E-state index in [4.69, 9.17) is 12.2 Å². The van der Waals surface area contributed by atoms with Crippen molar-refractivity contribution >= 4 is 45.5 Å². The zero-order valence-electron chi connectivity index (χ0n) is 11.4. The van der Waals surface area contributed by atoms with Crippen molar-refractivity contribution in [3.63, 3.8) is 0 Å². The van der Waals surface area contributed by atoms with Crippen LogP contribution < -0.4 is 10.9 Å². The number of H-pyrrole nitrogens is 1. The van der Waals surface area contributed by atoms with Crippen molar-refractivity contribution in [1.82, 2.24) is 14.5 Å². The summed E-state index contributed by atoms with van der Waals surface area (Å²) in [5.74, 6) is -0.204. The van der Waals surface area contributed by atoms with Crippen LogP contribution in [0.15, 0.2) is 40.6 Å². The Balaban J connectivity index is 1.81. The monoisotopic (exact) mass is 332 g/mol. The molecule has 1 aromatic carbocycles. The maximum Gasteiger partial charge on any atom is 0.262 e. The Hall–Kier alpha value is -2.32. The minimum absolute atomic E-state index is 0.148. The first-order valence-electron chi connectivity index (χ1n) is 6.56. The van der Waals surface area contributed by atoms with Crippen molar-refractivity contribution < 1.29 is 4.79 Å². The number of nitrogens with one attached hydrogen (secondary N) is 2. The Kier molecular flexibility index (Phi) is 4.12. The predicted molar refractivity (Wildman–Crippen MR) is 88.8 cm³/mol. The molecule has 1 amide bonds. The SMILES string of the molecule is O=C(CCn1c(=S)[nH]c2ccccc2c1=O)Nc1nccs1. The second-order valence-corrected chi connectivity index (χ2v) is 5.85. The molecule has 112 valence electrons. The number of fused-ring (bicyclic) bond motifs is 1. The molecule has 0 unspecified atom stereocenters. The number of para-hydroxylation sites is 1. The van der Waals surface area contributed by atoms with Crippen LogP contribution in [0.4, 0.5) is 5.13 Å². The van der Waals surface area contributed by atoms with Crippen LogP contribution in [0.3, 0.4) is 0 Å². The number of nitrogens with zero attached hydrogens (tertiary/aromatic N) is 2. The Morgan fingerprint density at radius 1 is 1.41 bits per heavy atom. The molecule has 0 atom stereocenters. The van der Waals surface area contributed by atoms with Gasteiger partial charge in [-0.2, -0.15) is 0 Å². The summed E-state index contributed by atoms with van der Waals surface area (Å²) >= 11 is 6.54. The number of thiazole rings is 1. The van der Waals surface area contributed by atoms with Crippen molar-refractivity contribution in [1.29, 1.82) is 0 Å². The molecule has 3 rings (SSSR count). The van der Waals surface area contributed by atoms with Gasteiger partial charge in [-0.3, -0.25) is 14.2 Å². The molecule has 3 aromatic rings. The second-order valence-electron chi connectivity index (χ2n) is 4.57. The molecule has 2 aromatic heterocycles. The zero-order valence-corrected chi connectivity index (χ0v) is 13.0. The van der Waals surface area contributed by atoms with Gasteiger partial charge in [-0.25, -0.2) is 4.98 Å². The van der Waals surface area contributed by atoms with Gasteiger partial charge in [0, 0.05) is 24.5 Å². The highest BCUT2D eigenvalue weighted by molar-refractivity contribution is 7.71. The van der Waals surface area contributed by atoms with Crippen molar-refractivity contribution in [3.05, 3.63) is 51.0 Å². The van der Waals surface area contributed by atoms with Crippen LogP contribution >= 0.6 is 23.6 Å². The number of hydrogen-bond donors (Lipinski definition) is 2. The smallest absolute Gasteiger partial charge is 0.262 e. The minimum atomic E-state index is -0.204. The number of aromatic nitrogens is 3. The number of benzene rings is 1. The van der Waals surface area contributed by atoms with Gasteiger partial charge in [0.25, 0.3) is 5.56 Å². The van der Waals surface area contributed by atoms with Crippen LogP contribution in [0.2, 0.25) is 0 Å². The van der Waals surface area contributed by atoms with Crippen LogP contribution in [0.5, 0.6) is 0 Å². The van der Waals surface area contributed by atoms with E-state index in [0.29, 0.717) is 20.8 Å². The Bertz CT molecular complexity index is 928. The molecule has 2 heterocycles. The standard InChI is InChI=1S/C14H12N4O2S2/c19-11(17-13-15-6-8-22-13)5-7-18-12(20)9-3-1-2-4-10(9)16-14(18)21/h1-4,6,8H,5,7H2,(H,16,21)(H,15,17,19). The highest BCUT2D eigenvalue weighted by atomic mass is 32.1. The third-order valence-electron chi connectivity index (χ3n) is 3.13. The van der Waals surface area contributed by atoms with E-state index in [-0.39, 0.29) is 24.4 Å². The summed E-state index contributed by atoms with van der Waals surface area (Å²) in [5.41, 5.74) is 0.502. The van der Waals surface area contributed by atoms with E-state index >= 15 is 0 Å². The van der Waals surface area contributed by atoms with E-state index in [0.717, 1.165) is 0 Å². The van der Waals surface area contributed by atoms with Gasteiger partial charge in [-0.15, -0.1) is 11.3 Å². The lowest BCUT2D eigenvalue weighted by Crippen LogP contribution is -2.24. The number of amides is 1. The molecule has 0 spiro atoms. The molecule has 0 saturated carbocycles. The van der Waals surface area contributed by atoms with Gasteiger partial charge in [-0.1, -0.05) is 12.1 Å². The predicted octanol–water partition coefficient (Wildman–Crippen LogP) is 2.54. The van der Waals surface area contributed by atoms with Crippen molar-refractivity contribution in [2.24, 2.45) is 0 Å². The van der Waals surface area contributed by atoms with Crippen molar-refractivity contribution in [3.8, 4) is 0 Å². The maximum absolute atomic E-state index is 12.4. The Morgan fingerprint density at radius 3 is 3.00 bits per heavy atom. The normalized spacial score (nSPS) is 10.7. The number of rotatable bonds is 4. The van der Waals surface area contributed by atoms with Crippen molar-refractivity contribution in [2.45, 2.75) is 13.0 Å². The third-order valence-corrected chi connectivity index (χ3v) is 4.14. The van der Waals surface area contributed by atoms with E-state index in [9.17, 15) is 9.59 Å². The van der Waals surface area contributed by atoms with Gasteiger partial charge in [0.15, 0.2) is 9.90 Å². The Morgan fingerprint density at radius 2 is 2.23 bits per heavy atom. The molecular weight excluding hydrogens is 320 g/mol. The van der Waals surface area contributed by atoms with Gasteiger partial charge in [0.1, 0.15) is 0 Å². The highest BCUT2D eigenvalue weighted by Gasteiger charge is 2.08. The lowest BCUT2D eigenvalue weighted by atomic mass is 10.2. The molecule has 8 heteroatoms. The van der Waals surface area contributed by atoms with Crippen molar-refractivity contribution in [2.75, 3.05) is 5.32 Å². The molecule has 0 aliphatic carbocycles. The summed E-state index contributed by atoms with van der Waals surface area (Å²) in [5, 5.41) is 5.55. The molecule has 22 heavy (non-hydrogen) atoms. The van der Waals surface area contributed by atoms with Crippen LogP contribution in [0.1, 0.15) is 6.42 Å². The van der Waals surface area contributed by atoms with Crippen LogP contribution in [-0.2, 0) is 11.3 Å². The summed E-state index contributed by atoms with van der Waals surface area (Å²) in [4.78, 5) is 31.3. The minimum Gasteiger partial charge on any atom is -0.332 e. The quantitative estimate of drug-likeness (QED) is 0.720. The van der Waals surface area contributed by atoms with E-state index in [1.807, 2.05) is 6.07 Å². The third kappa shape index (κ3) is 2.97. The van der Waals surface area contributed by atoms with Crippen LogP contribution in [-0.4, -0.2) is 20.4 Å². The molecule has 0 radical (unpaired) electrons. The highest BCUT2D eigenvalue weighted by Crippen LogP contribution is 2.11. The average molecular weight is 332 g/mol. The summed E-state index contributed by atoms with van der Waals surface area (Å²) < 4.78 is 1.71. The Labute approximate surface area is 134 Å². The van der Waals surface area contributed by atoms with E-state index in [1.165, 1.54) is 15.9 Å². The molecule has 0 aliphatic heterocycles. The summed E-state index contributed by atoms with van der Waals surface area (Å²) in [6.45, 7) is 0.218. The maximum atomic E-state index is 12.4. The number of hydrogen-bond acceptors (Lipinski definition) is 5. The molecule has 6 nitrogen and oxygen atoms in total. The molecule has 0 bridgehead atoms. The topological polar surface area (TPSA) is 79.8 Å². The summed E-state index contributed by atoms with van der Waals surface area (Å²) in [7, 11) is 0. The molecule has 0 saturated heterocycles. The van der Waals surface area contributed by atoms with E-state index in [2.05, 4.69) is 15.3 Å². The summed E-state index contributed by atoms with van der Waals surface area (Å²) in [6.07, 6.45) is 1.76. The fraction of sp³-hybridized carbons (Fsp3) is 0.143. The van der Waals surface area contributed by atoms with Gasteiger partial charge in [0.05, 0.1) is 10.9 Å². The molecule has 0 aliphatic rings. The first-order valence-corrected chi connectivity index (χ1v) is 7.85. The summed E-state index contributed by atoms with van der Waals surface area (Å²) in [6, 6.07) is 7.15. The number of carbonyl (C=O) groups is 1. The van der Waals surface area contributed by atoms with Gasteiger partial charge >= 0.3 is 0 Å². The largest absolute Gasteiger partial charge is 0.332 e. The molecule has 0 fully saturated rings. The number of carbonyl (C=O) groups excluding carboxylic acids is 1. The van der Waals surface area contributed by atoms with Gasteiger partial charge in [-0.05, 0) is 24.4 Å². The molecule has 2 N–H and O–H groups in total. The first-order chi connectivity index (χ1) is 10.6. The lowest BCUT2D eigenvalue weighted by Gasteiger charge is -2.07. The average Bonchev–Trinajstić information content (AvgIpc) is 3.00. The molecular formula is C14H12N4O2S2. The van der Waals surface area contributed by atoms with Crippen LogP contribution in [0, 0.1) is 4.77 Å². The van der Waals surface area contributed by atoms with Crippen LogP contribution in [0.25, 0.3) is 10.9 Å². The lowest BCUT2D eigenvalue weighted by molar-refractivity contribution is -0.116. The fourth-order valence-corrected chi connectivity index (χ4v) is 2.91.